The molecule has 1 aliphatic rings. The molecule has 1 aliphatic heterocycles. The lowest BCUT2D eigenvalue weighted by molar-refractivity contribution is -0.169. The Labute approximate surface area is 131 Å². The van der Waals surface area contributed by atoms with Crippen molar-refractivity contribution in [1.82, 2.24) is 0 Å². The lowest BCUT2D eigenvalue weighted by Crippen LogP contribution is -2.26. The zero-order valence-corrected chi connectivity index (χ0v) is 12.4. The second kappa shape index (κ2) is 5.23. The van der Waals surface area contributed by atoms with Crippen LogP contribution in [0.5, 0.6) is 0 Å². The van der Waals surface area contributed by atoms with Crippen LogP contribution < -0.4 is 0 Å². The molecule has 0 spiro atoms. The van der Waals surface area contributed by atoms with E-state index < -0.39 is 17.6 Å². The van der Waals surface area contributed by atoms with Crippen molar-refractivity contribution in [2.45, 2.75) is 12.7 Å². The molecule has 1 heterocycles. The summed E-state index contributed by atoms with van der Waals surface area (Å²) in [6.07, 6.45) is 0. The predicted molar refractivity (Wildman–Crippen MR) is 81.4 cm³/mol. The molecule has 2 aromatic rings. The van der Waals surface area contributed by atoms with Crippen molar-refractivity contribution >= 4 is 28.7 Å². The van der Waals surface area contributed by atoms with Crippen molar-refractivity contribution in [3.05, 3.63) is 70.5 Å². The van der Waals surface area contributed by atoms with Gasteiger partial charge in [-0.05, 0) is 23.8 Å². The lowest BCUT2D eigenvalue weighted by Gasteiger charge is -2.20. The van der Waals surface area contributed by atoms with E-state index in [1.165, 1.54) is 25.1 Å². The number of halogens is 2. The predicted octanol–water partition coefficient (Wildman–Crippen LogP) is 3.66. The molecule has 0 aromatic heterocycles. The van der Waals surface area contributed by atoms with Crippen molar-refractivity contribution in [3.63, 3.8) is 0 Å². The van der Waals surface area contributed by atoms with Crippen LogP contribution in [0.1, 0.15) is 18.1 Å². The van der Waals surface area contributed by atoms with Gasteiger partial charge in [0.2, 0.25) is 5.79 Å². The fourth-order valence-electron chi connectivity index (χ4n) is 2.55. The number of ether oxygens (including phenoxy) is 1. The molecule has 22 heavy (non-hydrogen) atoms. The van der Waals surface area contributed by atoms with E-state index in [1.54, 1.807) is 30.3 Å². The zero-order chi connectivity index (χ0) is 15.9. The molecule has 0 radical (unpaired) electrons. The summed E-state index contributed by atoms with van der Waals surface area (Å²) in [5.74, 6) is -3.15. The molecule has 0 saturated carbocycles. The quantitative estimate of drug-likeness (QED) is 0.860. The summed E-state index contributed by atoms with van der Waals surface area (Å²) in [5.41, 5.74) is 0.874. The van der Waals surface area contributed by atoms with Crippen LogP contribution in [-0.2, 0) is 9.53 Å². The molecular weight excluding hydrogens is 307 g/mol. The average Bonchev–Trinajstić information content (AvgIpc) is 2.70. The van der Waals surface area contributed by atoms with Gasteiger partial charge in [0.1, 0.15) is 5.82 Å². The van der Waals surface area contributed by atoms with Crippen LogP contribution in [0.3, 0.4) is 0 Å². The summed E-state index contributed by atoms with van der Waals surface area (Å²) >= 11 is 5.86. The molecular formula is C17H12ClFO3. The Balaban J connectivity index is 2.29. The first kappa shape index (κ1) is 14.8. The molecule has 3 nitrogen and oxygen atoms in total. The van der Waals surface area contributed by atoms with Crippen molar-refractivity contribution in [2.24, 2.45) is 0 Å². The SMILES string of the molecule is CC1(O)OC(=O)C(c2ccccc2F)=C1c1ccc(Cl)cc1. The van der Waals surface area contributed by atoms with Gasteiger partial charge in [-0.15, -0.1) is 0 Å². The van der Waals surface area contributed by atoms with Crippen molar-refractivity contribution < 1.29 is 19.0 Å². The van der Waals surface area contributed by atoms with Crippen molar-refractivity contribution in [3.8, 4) is 0 Å². The van der Waals surface area contributed by atoms with E-state index >= 15 is 0 Å². The number of esters is 1. The van der Waals surface area contributed by atoms with Gasteiger partial charge in [0.05, 0.1) is 5.57 Å². The highest BCUT2D eigenvalue weighted by molar-refractivity contribution is 6.31. The third-order valence-corrected chi connectivity index (χ3v) is 3.74. The number of benzene rings is 2. The fourth-order valence-corrected chi connectivity index (χ4v) is 2.68. The van der Waals surface area contributed by atoms with Crippen molar-refractivity contribution in [2.75, 3.05) is 0 Å². The van der Waals surface area contributed by atoms with Gasteiger partial charge in [-0.1, -0.05) is 41.9 Å². The van der Waals surface area contributed by atoms with Gasteiger partial charge in [-0.25, -0.2) is 9.18 Å². The van der Waals surface area contributed by atoms with E-state index in [4.69, 9.17) is 16.3 Å². The van der Waals surface area contributed by atoms with Crippen LogP contribution in [-0.4, -0.2) is 16.9 Å². The summed E-state index contributed by atoms with van der Waals surface area (Å²) in [5, 5.41) is 10.9. The topological polar surface area (TPSA) is 46.5 Å². The highest BCUT2D eigenvalue weighted by atomic mass is 35.5. The molecule has 0 aliphatic carbocycles. The van der Waals surface area contributed by atoms with Gasteiger partial charge in [0, 0.05) is 23.1 Å². The number of carbonyl (C=O) groups is 1. The summed E-state index contributed by atoms with van der Waals surface area (Å²) in [4.78, 5) is 12.2. The Morgan fingerprint density at radius 3 is 2.41 bits per heavy atom. The van der Waals surface area contributed by atoms with E-state index in [-0.39, 0.29) is 16.7 Å². The normalized spacial score (nSPS) is 21.2. The van der Waals surface area contributed by atoms with Crippen LogP contribution in [0.15, 0.2) is 48.5 Å². The Morgan fingerprint density at radius 1 is 1.14 bits per heavy atom. The summed E-state index contributed by atoms with van der Waals surface area (Å²) in [7, 11) is 0. The van der Waals surface area contributed by atoms with Gasteiger partial charge >= 0.3 is 5.97 Å². The van der Waals surface area contributed by atoms with E-state index in [9.17, 15) is 14.3 Å². The number of hydrogen-bond donors (Lipinski definition) is 1. The first-order valence-electron chi connectivity index (χ1n) is 6.61. The van der Waals surface area contributed by atoms with Gasteiger partial charge in [0.25, 0.3) is 0 Å². The number of aliphatic hydroxyl groups is 1. The highest BCUT2D eigenvalue weighted by Crippen LogP contribution is 2.43. The number of rotatable bonds is 2. The Hall–Kier alpha value is -2.17. The second-order valence-electron chi connectivity index (χ2n) is 5.11. The Bertz CT molecular complexity index is 779. The van der Waals surface area contributed by atoms with Crippen LogP contribution in [0.2, 0.25) is 5.02 Å². The van der Waals surface area contributed by atoms with Gasteiger partial charge in [0.15, 0.2) is 0 Å². The summed E-state index contributed by atoms with van der Waals surface area (Å²) < 4.78 is 19.1. The van der Waals surface area contributed by atoms with E-state index in [2.05, 4.69) is 0 Å². The van der Waals surface area contributed by atoms with Crippen LogP contribution in [0.4, 0.5) is 4.39 Å². The Kier molecular flexibility index (Phi) is 3.51. The lowest BCUT2D eigenvalue weighted by atomic mass is 9.91. The monoisotopic (exact) mass is 318 g/mol. The first-order valence-corrected chi connectivity index (χ1v) is 6.99. The average molecular weight is 319 g/mol. The van der Waals surface area contributed by atoms with E-state index in [0.717, 1.165) is 0 Å². The minimum atomic E-state index is -1.83. The largest absolute Gasteiger partial charge is 0.425 e. The molecule has 1 unspecified atom stereocenters. The second-order valence-corrected chi connectivity index (χ2v) is 5.55. The Morgan fingerprint density at radius 2 is 1.77 bits per heavy atom. The minimum absolute atomic E-state index is 0.0189. The third-order valence-electron chi connectivity index (χ3n) is 3.49. The van der Waals surface area contributed by atoms with Crippen LogP contribution in [0, 0.1) is 5.82 Å². The van der Waals surface area contributed by atoms with E-state index in [1.807, 2.05) is 0 Å². The number of hydrogen-bond acceptors (Lipinski definition) is 3. The minimum Gasteiger partial charge on any atom is -0.425 e. The molecule has 0 bridgehead atoms. The third kappa shape index (κ3) is 2.40. The van der Waals surface area contributed by atoms with Gasteiger partial charge in [-0.3, -0.25) is 0 Å². The fraction of sp³-hybridized carbons (Fsp3) is 0.118. The molecule has 0 amide bonds. The molecule has 3 rings (SSSR count). The molecule has 1 N–H and O–H groups in total. The highest BCUT2D eigenvalue weighted by Gasteiger charge is 2.44. The van der Waals surface area contributed by atoms with Crippen LogP contribution in [0.25, 0.3) is 11.1 Å². The molecule has 0 saturated heterocycles. The molecule has 112 valence electrons. The number of carbonyl (C=O) groups excluding carboxylic acids is 1. The molecule has 2 aromatic carbocycles. The molecule has 5 heteroatoms. The summed E-state index contributed by atoms with van der Waals surface area (Å²) in [6, 6.07) is 12.4. The number of cyclic esters (lactones) is 1. The maximum atomic E-state index is 14.1. The zero-order valence-electron chi connectivity index (χ0n) is 11.6. The van der Waals surface area contributed by atoms with E-state index in [0.29, 0.717) is 10.6 Å². The van der Waals surface area contributed by atoms with Crippen LogP contribution >= 0.6 is 11.6 Å². The first-order chi connectivity index (χ1) is 10.4. The maximum Gasteiger partial charge on any atom is 0.342 e. The summed E-state index contributed by atoms with van der Waals surface area (Å²) in [6.45, 7) is 1.35. The van der Waals surface area contributed by atoms with Gasteiger partial charge in [-0.2, -0.15) is 0 Å². The smallest absolute Gasteiger partial charge is 0.342 e. The molecule has 0 fully saturated rings. The maximum absolute atomic E-state index is 14.1. The van der Waals surface area contributed by atoms with Gasteiger partial charge < -0.3 is 9.84 Å². The standard InChI is InChI=1S/C17H12ClFO3/c1-17(21)15(10-6-8-11(18)9-7-10)14(16(20)22-17)12-4-2-3-5-13(12)19/h2-9,21H,1H3. The molecule has 1 atom stereocenters. The van der Waals surface area contributed by atoms with Crippen molar-refractivity contribution in [1.29, 1.82) is 0 Å².